The SMILES string of the molecule is N#Cc1cnc(N2CCC(NCC3CC3)CC2)c([N+](=O)[O-])c1. The lowest BCUT2D eigenvalue weighted by atomic mass is 10.0. The second-order valence-electron chi connectivity index (χ2n) is 6.05. The summed E-state index contributed by atoms with van der Waals surface area (Å²) in [5.41, 5.74) is 0.139. The van der Waals surface area contributed by atoms with Crippen LogP contribution in [-0.4, -0.2) is 35.6 Å². The van der Waals surface area contributed by atoms with Gasteiger partial charge in [0.05, 0.1) is 10.5 Å². The summed E-state index contributed by atoms with van der Waals surface area (Å²) in [6.07, 6.45) is 6.01. The topological polar surface area (TPSA) is 95.1 Å². The van der Waals surface area contributed by atoms with Crippen LogP contribution < -0.4 is 10.2 Å². The van der Waals surface area contributed by atoms with Crippen LogP contribution in [0.15, 0.2) is 12.3 Å². The van der Waals surface area contributed by atoms with Crippen molar-refractivity contribution in [2.24, 2.45) is 5.92 Å². The Balaban J connectivity index is 1.65. The maximum Gasteiger partial charge on any atom is 0.312 e. The molecule has 0 unspecified atom stereocenters. The van der Waals surface area contributed by atoms with Crippen LogP contribution >= 0.6 is 0 Å². The molecule has 0 amide bonds. The number of nitriles is 1. The minimum atomic E-state index is -0.458. The first kappa shape index (κ1) is 14.7. The van der Waals surface area contributed by atoms with Crippen LogP contribution in [0.25, 0.3) is 0 Å². The van der Waals surface area contributed by atoms with Gasteiger partial charge in [-0.05, 0) is 38.1 Å². The summed E-state index contributed by atoms with van der Waals surface area (Å²) in [5, 5.41) is 23.6. The van der Waals surface area contributed by atoms with Gasteiger partial charge in [-0.2, -0.15) is 5.26 Å². The number of rotatable bonds is 5. The van der Waals surface area contributed by atoms with E-state index in [1.54, 1.807) is 0 Å². The van der Waals surface area contributed by atoms with Crippen LogP contribution in [0.5, 0.6) is 0 Å². The molecule has 1 aliphatic carbocycles. The zero-order valence-corrected chi connectivity index (χ0v) is 12.4. The average Bonchev–Trinajstić information content (AvgIpc) is 3.37. The third-order valence-corrected chi connectivity index (χ3v) is 4.36. The molecule has 1 saturated heterocycles. The van der Waals surface area contributed by atoms with Crippen molar-refractivity contribution < 1.29 is 4.92 Å². The van der Waals surface area contributed by atoms with Crippen LogP contribution in [0.1, 0.15) is 31.2 Å². The predicted molar refractivity (Wildman–Crippen MR) is 81.6 cm³/mol. The lowest BCUT2D eigenvalue weighted by Gasteiger charge is -2.33. The number of piperidine rings is 1. The molecular weight excluding hydrogens is 282 g/mol. The molecule has 0 aromatic carbocycles. The fourth-order valence-corrected chi connectivity index (χ4v) is 2.84. The number of nitro groups is 1. The molecule has 2 aliphatic rings. The molecule has 7 nitrogen and oxygen atoms in total. The molecule has 116 valence electrons. The van der Waals surface area contributed by atoms with Gasteiger partial charge in [0.2, 0.25) is 5.82 Å². The lowest BCUT2D eigenvalue weighted by Crippen LogP contribution is -2.43. The number of hydrogen-bond donors (Lipinski definition) is 1. The van der Waals surface area contributed by atoms with Gasteiger partial charge in [0.15, 0.2) is 0 Å². The number of nitrogens with one attached hydrogen (secondary N) is 1. The van der Waals surface area contributed by atoms with E-state index < -0.39 is 4.92 Å². The summed E-state index contributed by atoms with van der Waals surface area (Å²) in [7, 11) is 0. The molecular formula is C15H19N5O2. The van der Waals surface area contributed by atoms with Gasteiger partial charge in [0.25, 0.3) is 0 Å². The molecule has 1 N–H and O–H groups in total. The van der Waals surface area contributed by atoms with Gasteiger partial charge in [-0.15, -0.1) is 0 Å². The molecule has 3 rings (SSSR count). The maximum absolute atomic E-state index is 11.2. The van der Waals surface area contributed by atoms with Gasteiger partial charge >= 0.3 is 5.69 Å². The highest BCUT2D eigenvalue weighted by atomic mass is 16.6. The molecule has 7 heteroatoms. The molecule has 2 heterocycles. The average molecular weight is 301 g/mol. The third kappa shape index (κ3) is 3.34. The van der Waals surface area contributed by atoms with Gasteiger partial charge < -0.3 is 10.2 Å². The van der Waals surface area contributed by atoms with Crippen LogP contribution in [0.4, 0.5) is 11.5 Å². The van der Waals surface area contributed by atoms with E-state index in [0.29, 0.717) is 11.9 Å². The van der Waals surface area contributed by atoms with E-state index >= 15 is 0 Å². The highest BCUT2D eigenvalue weighted by Gasteiger charge is 2.28. The molecule has 1 aromatic rings. The Kier molecular flexibility index (Phi) is 4.20. The third-order valence-electron chi connectivity index (χ3n) is 4.36. The fraction of sp³-hybridized carbons (Fsp3) is 0.600. The molecule has 1 saturated carbocycles. The monoisotopic (exact) mass is 301 g/mol. The Labute approximate surface area is 129 Å². The zero-order chi connectivity index (χ0) is 15.5. The number of hydrogen-bond acceptors (Lipinski definition) is 6. The van der Waals surface area contributed by atoms with Crippen LogP contribution in [0.2, 0.25) is 0 Å². The summed E-state index contributed by atoms with van der Waals surface area (Å²) >= 11 is 0. The first-order valence-corrected chi connectivity index (χ1v) is 7.70. The van der Waals surface area contributed by atoms with E-state index in [1.807, 2.05) is 11.0 Å². The molecule has 22 heavy (non-hydrogen) atoms. The van der Waals surface area contributed by atoms with Crippen molar-refractivity contribution in [3.05, 3.63) is 27.9 Å². The fourth-order valence-electron chi connectivity index (χ4n) is 2.84. The van der Waals surface area contributed by atoms with Crippen molar-refractivity contribution in [3.8, 4) is 6.07 Å². The molecule has 1 aromatic heterocycles. The molecule has 1 aliphatic heterocycles. The standard InChI is InChI=1S/C15H19N5O2/c16-8-12-7-14(20(21)22)15(18-10-12)19-5-3-13(4-6-19)17-9-11-1-2-11/h7,10-11,13,17H,1-6,9H2. The van der Waals surface area contributed by atoms with Gasteiger partial charge in [0.1, 0.15) is 6.07 Å². The Morgan fingerprint density at radius 1 is 1.41 bits per heavy atom. The first-order valence-electron chi connectivity index (χ1n) is 7.70. The normalized spacial score (nSPS) is 19.0. The predicted octanol–water partition coefficient (Wildman–Crippen LogP) is 1.83. The maximum atomic E-state index is 11.2. The molecule has 2 fully saturated rings. The van der Waals surface area contributed by atoms with Crippen LogP contribution in [-0.2, 0) is 0 Å². The van der Waals surface area contributed by atoms with Gasteiger partial charge in [-0.25, -0.2) is 4.98 Å². The highest BCUT2D eigenvalue weighted by Crippen LogP contribution is 2.30. The van der Waals surface area contributed by atoms with Crippen molar-refractivity contribution in [1.82, 2.24) is 10.3 Å². The van der Waals surface area contributed by atoms with Gasteiger partial charge in [-0.1, -0.05) is 0 Å². The number of nitrogens with zero attached hydrogens (tertiary/aromatic N) is 4. The molecule has 0 radical (unpaired) electrons. The Morgan fingerprint density at radius 2 is 2.14 bits per heavy atom. The minimum Gasteiger partial charge on any atom is -0.351 e. The molecule has 0 spiro atoms. The number of anilines is 1. The Bertz CT molecular complexity index is 600. The van der Waals surface area contributed by atoms with Crippen LogP contribution in [0.3, 0.4) is 0 Å². The van der Waals surface area contributed by atoms with Crippen molar-refractivity contribution in [1.29, 1.82) is 5.26 Å². The van der Waals surface area contributed by atoms with E-state index in [-0.39, 0.29) is 11.3 Å². The van der Waals surface area contributed by atoms with Gasteiger partial charge in [-0.3, -0.25) is 10.1 Å². The summed E-state index contributed by atoms with van der Waals surface area (Å²) in [5.74, 6) is 1.24. The first-order chi connectivity index (χ1) is 10.7. The highest BCUT2D eigenvalue weighted by molar-refractivity contribution is 5.60. The summed E-state index contributed by atoms with van der Waals surface area (Å²) in [6, 6.07) is 3.70. The smallest absolute Gasteiger partial charge is 0.312 e. The number of aromatic nitrogens is 1. The summed E-state index contributed by atoms with van der Waals surface area (Å²) in [4.78, 5) is 16.8. The molecule has 0 bridgehead atoms. The zero-order valence-electron chi connectivity index (χ0n) is 12.4. The lowest BCUT2D eigenvalue weighted by molar-refractivity contribution is -0.384. The van der Waals surface area contributed by atoms with E-state index in [0.717, 1.165) is 38.4 Å². The minimum absolute atomic E-state index is 0.0801. The second kappa shape index (κ2) is 6.28. The number of pyridine rings is 1. The van der Waals surface area contributed by atoms with Gasteiger partial charge in [0, 0.05) is 31.4 Å². The van der Waals surface area contributed by atoms with Crippen molar-refractivity contribution >= 4 is 11.5 Å². The van der Waals surface area contributed by atoms with Crippen LogP contribution in [0, 0.1) is 27.4 Å². The largest absolute Gasteiger partial charge is 0.351 e. The van der Waals surface area contributed by atoms with E-state index in [1.165, 1.54) is 25.1 Å². The van der Waals surface area contributed by atoms with E-state index in [2.05, 4.69) is 10.3 Å². The Morgan fingerprint density at radius 3 is 2.73 bits per heavy atom. The van der Waals surface area contributed by atoms with Crippen molar-refractivity contribution in [2.75, 3.05) is 24.5 Å². The summed E-state index contributed by atoms with van der Waals surface area (Å²) < 4.78 is 0. The molecule has 0 atom stereocenters. The van der Waals surface area contributed by atoms with Crippen molar-refractivity contribution in [3.63, 3.8) is 0 Å². The quantitative estimate of drug-likeness (QED) is 0.658. The van der Waals surface area contributed by atoms with E-state index in [4.69, 9.17) is 5.26 Å². The van der Waals surface area contributed by atoms with Crippen molar-refractivity contribution in [2.45, 2.75) is 31.7 Å². The van der Waals surface area contributed by atoms with E-state index in [9.17, 15) is 10.1 Å². The summed E-state index contributed by atoms with van der Waals surface area (Å²) in [6.45, 7) is 2.60. The second-order valence-corrected chi connectivity index (χ2v) is 6.05. The Hall–Kier alpha value is -2.20.